The lowest BCUT2D eigenvalue weighted by molar-refractivity contribution is -0.124. The number of nitrogens with zero attached hydrogens (tertiary/aromatic N) is 1. The fourth-order valence-electron chi connectivity index (χ4n) is 2.71. The summed E-state index contributed by atoms with van der Waals surface area (Å²) in [4.78, 5) is 13.8. The quantitative estimate of drug-likeness (QED) is 0.701. The summed E-state index contributed by atoms with van der Waals surface area (Å²) in [6.45, 7) is 7.43. The van der Waals surface area contributed by atoms with Crippen LogP contribution in [-0.2, 0) is 4.79 Å². The molecule has 2 atom stereocenters. The Bertz CT molecular complexity index is 240. The molecule has 0 heterocycles. The van der Waals surface area contributed by atoms with E-state index < -0.39 is 5.54 Å². The van der Waals surface area contributed by atoms with Crippen LogP contribution in [0.5, 0.6) is 0 Å². The molecule has 94 valence electrons. The summed E-state index contributed by atoms with van der Waals surface area (Å²) in [5.41, 5.74) is 10.8. The van der Waals surface area contributed by atoms with Gasteiger partial charge in [0.25, 0.3) is 0 Å². The Labute approximate surface area is 98.3 Å². The number of nitrogens with two attached hydrogens (primary N) is 2. The van der Waals surface area contributed by atoms with E-state index in [1.807, 2.05) is 0 Å². The molecule has 4 nitrogen and oxygen atoms in total. The first kappa shape index (κ1) is 13.5. The first-order valence-corrected chi connectivity index (χ1v) is 6.35. The minimum Gasteiger partial charge on any atom is -0.368 e. The smallest absolute Gasteiger partial charge is 0.237 e. The highest BCUT2D eigenvalue weighted by atomic mass is 16.1. The van der Waals surface area contributed by atoms with Crippen LogP contribution in [0.2, 0.25) is 0 Å². The van der Waals surface area contributed by atoms with Gasteiger partial charge in [0.05, 0.1) is 5.54 Å². The molecule has 1 amide bonds. The highest BCUT2D eigenvalue weighted by molar-refractivity contribution is 5.85. The lowest BCUT2D eigenvalue weighted by atomic mass is 9.85. The maximum Gasteiger partial charge on any atom is 0.237 e. The SMILES string of the molecule is CCN(CC)CCC1CCCC1(N)C(N)=O. The monoisotopic (exact) mass is 227 g/mol. The number of hydrogen-bond donors (Lipinski definition) is 2. The van der Waals surface area contributed by atoms with Crippen molar-refractivity contribution in [3.05, 3.63) is 0 Å². The zero-order valence-corrected chi connectivity index (χ0v) is 10.5. The van der Waals surface area contributed by atoms with Crippen LogP contribution in [0.3, 0.4) is 0 Å². The van der Waals surface area contributed by atoms with Gasteiger partial charge >= 0.3 is 0 Å². The van der Waals surface area contributed by atoms with E-state index in [4.69, 9.17) is 11.5 Å². The fraction of sp³-hybridized carbons (Fsp3) is 0.917. The predicted octanol–water partition coefficient (Wildman–Crippen LogP) is 0.701. The lowest BCUT2D eigenvalue weighted by Crippen LogP contribution is -2.55. The van der Waals surface area contributed by atoms with Crippen molar-refractivity contribution in [2.24, 2.45) is 17.4 Å². The number of carbonyl (C=O) groups is 1. The molecule has 0 aliphatic heterocycles. The molecule has 0 bridgehead atoms. The summed E-state index contributed by atoms with van der Waals surface area (Å²) in [7, 11) is 0. The molecule has 0 aromatic heterocycles. The molecule has 4 heteroatoms. The molecule has 0 radical (unpaired) electrons. The van der Waals surface area contributed by atoms with Gasteiger partial charge in [-0.05, 0) is 44.8 Å². The molecule has 1 saturated carbocycles. The van der Waals surface area contributed by atoms with Crippen molar-refractivity contribution in [3.63, 3.8) is 0 Å². The van der Waals surface area contributed by atoms with Gasteiger partial charge < -0.3 is 16.4 Å². The number of hydrogen-bond acceptors (Lipinski definition) is 3. The first-order valence-electron chi connectivity index (χ1n) is 6.35. The number of rotatable bonds is 6. The summed E-state index contributed by atoms with van der Waals surface area (Å²) in [6, 6.07) is 0. The predicted molar refractivity (Wildman–Crippen MR) is 65.9 cm³/mol. The highest BCUT2D eigenvalue weighted by Gasteiger charge is 2.43. The summed E-state index contributed by atoms with van der Waals surface area (Å²) in [5.74, 6) is -0.0554. The molecule has 16 heavy (non-hydrogen) atoms. The largest absolute Gasteiger partial charge is 0.368 e. The van der Waals surface area contributed by atoms with Gasteiger partial charge in [-0.2, -0.15) is 0 Å². The Morgan fingerprint density at radius 3 is 2.56 bits per heavy atom. The van der Waals surface area contributed by atoms with E-state index in [9.17, 15) is 4.79 Å². The zero-order chi connectivity index (χ0) is 12.2. The molecule has 2 unspecified atom stereocenters. The molecule has 0 saturated heterocycles. The van der Waals surface area contributed by atoms with Crippen LogP contribution in [0.15, 0.2) is 0 Å². The van der Waals surface area contributed by atoms with E-state index in [1.165, 1.54) is 0 Å². The van der Waals surface area contributed by atoms with Crippen molar-refractivity contribution in [1.29, 1.82) is 0 Å². The minimum atomic E-state index is -0.743. The molecule has 1 aliphatic rings. The average Bonchev–Trinajstić information content (AvgIpc) is 2.63. The average molecular weight is 227 g/mol. The Morgan fingerprint density at radius 1 is 1.44 bits per heavy atom. The maximum atomic E-state index is 11.4. The third kappa shape index (κ3) is 2.74. The van der Waals surface area contributed by atoms with Crippen LogP contribution < -0.4 is 11.5 Å². The summed E-state index contributed by atoms with van der Waals surface area (Å²) in [6.07, 6.45) is 3.81. The van der Waals surface area contributed by atoms with E-state index in [2.05, 4.69) is 18.7 Å². The van der Waals surface area contributed by atoms with Gasteiger partial charge in [-0.1, -0.05) is 20.3 Å². The molecule has 0 aromatic carbocycles. The summed E-state index contributed by atoms with van der Waals surface area (Å²) < 4.78 is 0. The molecular formula is C12H25N3O. The second-order valence-electron chi connectivity index (χ2n) is 4.81. The Morgan fingerprint density at radius 2 is 2.06 bits per heavy atom. The van der Waals surface area contributed by atoms with Crippen LogP contribution in [0.1, 0.15) is 39.5 Å². The Hall–Kier alpha value is -0.610. The van der Waals surface area contributed by atoms with Crippen LogP contribution in [-0.4, -0.2) is 36.0 Å². The van der Waals surface area contributed by atoms with Crippen LogP contribution in [0.25, 0.3) is 0 Å². The first-order chi connectivity index (χ1) is 7.54. The van der Waals surface area contributed by atoms with Crippen LogP contribution in [0.4, 0.5) is 0 Å². The number of primary amides is 1. The van der Waals surface area contributed by atoms with E-state index in [0.29, 0.717) is 0 Å². The van der Waals surface area contributed by atoms with Crippen LogP contribution >= 0.6 is 0 Å². The van der Waals surface area contributed by atoms with Crippen LogP contribution in [0, 0.1) is 5.92 Å². The van der Waals surface area contributed by atoms with Gasteiger partial charge in [-0.15, -0.1) is 0 Å². The van der Waals surface area contributed by atoms with Gasteiger partial charge in [-0.25, -0.2) is 0 Å². The minimum absolute atomic E-state index is 0.269. The van der Waals surface area contributed by atoms with Crippen molar-refractivity contribution in [2.45, 2.75) is 45.1 Å². The second kappa shape index (κ2) is 5.64. The zero-order valence-electron chi connectivity index (χ0n) is 10.5. The van der Waals surface area contributed by atoms with E-state index in [1.54, 1.807) is 0 Å². The Kier molecular flexibility index (Phi) is 4.74. The number of carbonyl (C=O) groups excluding carboxylic acids is 1. The van der Waals surface area contributed by atoms with Gasteiger partial charge in [0.15, 0.2) is 0 Å². The van der Waals surface area contributed by atoms with E-state index in [0.717, 1.165) is 45.3 Å². The maximum absolute atomic E-state index is 11.4. The van der Waals surface area contributed by atoms with Gasteiger partial charge in [-0.3, -0.25) is 4.79 Å². The van der Waals surface area contributed by atoms with Crippen molar-refractivity contribution in [3.8, 4) is 0 Å². The second-order valence-corrected chi connectivity index (χ2v) is 4.81. The Balaban J connectivity index is 2.50. The van der Waals surface area contributed by atoms with Crippen molar-refractivity contribution < 1.29 is 4.79 Å². The lowest BCUT2D eigenvalue weighted by Gasteiger charge is -2.29. The van der Waals surface area contributed by atoms with Gasteiger partial charge in [0.2, 0.25) is 5.91 Å². The van der Waals surface area contributed by atoms with Gasteiger partial charge in [0, 0.05) is 0 Å². The summed E-state index contributed by atoms with van der Waals surface area (Å²) in [5, 5.41) is 0. The van der Waals surface area contributed by atoms with E-state index in [-0.39, 0.29) is 11.8 Å². The molecule has 0 spiro atoms. The van der Waals surface area contributed by atoms with Crippen molar-refractivity contribution in [1.82, 2.24) is 4.90 Å². The molecular weight excluding hydrogens is 202 g/mol. The van der Waals surface area contributed by atoms with Gasteiger partial charge in [0.1, 0.15) is 0 Å². The fourth-order valence-corrected chi connectivity index (χ4v) is 2.71. The molecule has 1 aliphatic carbocycles. The molecule has 0 aromatic rings. The van der Waals surface area contributed by atoms with E-state index >= 15 is 0 Å². The van der Waals surface area contributed by atoms with Crippen molar-refractivity contribution >= 4 is 5.91 Å². The normalized spacial score (nSPS) is 29.9. The summed E-state index contributed by atoms with van der Waals surface area (Å²) >= 11 is 0. The molecule has 1 rings (SSSR count). The highest BCUT2D eigenvalue weighted by Crippen LogP contribution is 2.35. The molecule has 4 N–H and O–H groups in total. The number of amides is 1. The molecule has 1 fully saturated rings. The standard InChI is InChI=1S/C12H25N3O/c1-3-15(4-2)9-7-10-6-5-8-12(10,14)11(13)16/h10H,3-9,14H2,1-2H3,(H2,13,16). The third-order valence-electron chi connectivity index (χ3n) is 4.02. The van der Waals surface area contributed by atoms with Crippen molar-refractivity contribution in [2.75, 3.05) is 19.6 Å². The topological polar surface area (TPSA) is 72.3 Å². The third-order valence-corrected chi connectivity index (χ3v) is 4.02.